The Morgan fingerprint density at radius 2 is 1.85 bits per heavy atom. The van der Waals surface area contributed by atoms with Crippen LogP contribution in [0.5, 0.6) is 0 Å². The molecule has 0 aliphatic rings. The molecule has 4 rings (SSSR count). The van der Waals surface area contributed by atoms with Gasteiger partial charge in [-0.2, -0.15) is 0 Å². The van der Waals surface area contributed by atoms with Crippen molar-refractivity contribution in [2.75, 3.05) is 6.26 Å². The van der Waals surface area contributed by atoms with Crippen molar-refractivity contribution in [1.82, 2.24) is 19.1 Å². The Bertz CT molecular complexity index is 1270. The van der Waals surface area contributed by atoms with Gasteiger partial charge in [0.1, 0.15) is 5.52 Å². The van der Waals surface area contributed by atoms with Crippen LogP contribution in [0, 0.1) is 0 Å². The summed E-state index contributed by atoms with van der Waals surface area (Å²) >= 11 is 0. The lowest BCUT2D eigenvalue weighted by atomic mass is 10.2. The predicted octanol–water partition coefficient (Wildman–Crippen LogP) is 1.66. The number of hydrogen-bond donors (Lipinski definition) is 1. The first kappa shape index (κ1) is 17.2. The molecule has 0 radical (unpaired) electrons. The number of imidazole rings is 1. The highest BCUT2D eigenvalue weighted by molar-refractivity contribution is 7.84. The van der Waals surface area contributed by atoms with E-state index in [1.165, 1.54) is 15.5 Å². The van der Waals surface area contributed by atoms with Gasteiger partial charge >= 0.3 is 5.69 Å². The van der Waals surface area contributed by atoms with Gasteiger partial charge in [-0.15, -0.1) is 0 Å². The van der Waals surface area contributed by atoms with Crippen LogP contribution in [-0.2, 0) is 17.3 Å². The molecular weight excluding hydrogens is 364 g/mol. The maximum atomic E-state index is 13.2. The van der Waals surface area contributed by atoms with E-state index in [9.17, 15) is 13.8 Å². The maximum absolute atomic E-state index is 13.2. The Kier molecular flexibility index (Phi) is 4.33. The van der Waals surface area contributed by atoms with Crippen molar-refractivity contribution in [2.45, 2.75) is 11.4 Å². The number of benzene rings is 2. The van der Waals surface area contributed by atoms with Crippen LogP contribution in [0.1, 0.15) is 5.56 Å². The minimum absolute atomic E-state index is 0.146. The molecule has 0 spiro atoms. The molecule has 2 aromatic heterocycles. The minimum atomic E-state index is -1.20. The fraction of sp³-hybridized carbons (Fsp3) is 0.105. The van der Waals surface area contributed by atoms with Crippen molar-refractivity contribution in [2.24, 2.45) is 0 Å². The van der Waals surface area contributed by atoms with Crippen molar-refractivity contribution in [1.29, 1.82) is 0 Å². The Balaban J connectivity index is 2.00. The number of aromatic nitrogens is 4. The molecular formula is C19H16N4O3S. The van der Waals surface area contributed by atoms with E-state index in [4.69, 9.17) is 0 Å². The van der Waals surface area contributed by atoms with Gasteiger partial charge in [0, 0.05) is 22.0 Å². The number of rotatable bonds is 4. The van der Waals surface area contributed by atoms with E-state index in [0.29, 0.717) is 10.6 Å². The molecule has 2 heterocycles. The average molecular weight is 380 g/mol. The maximum Gasteiger partial charge on any atom is 0.337 e. The predicted molar refractivity (Wildman–Crippen MR) is 104 cm³/mol. The minimum Gasteiger partial charge on any atom is -0.339 e. The molecule has 0 aliphatic heterocycles. The van der Waals surface area contributed by atoms with E-state index in [1.54, 1.807) is 30.5 Å². The summed E-state index contributed by atoms with van der Waals surface area (Å²) in [5.41, 5.74) is 0.907. The van der Waals surface area contributed by atoms with Crippen LogP contribution in [0.2, 0.25) is 0 Å². The third kappa shape index (κ3) is 3.04. The van der Waals surface area contributed by atoms with Gasteiger partial charge in [0.2, 0.25) is 0 Å². The quantitative estimate of drug-likeness (QED) is 0.583. The van der Waals surface area contributed by atoms with Crippen LogP contribution in [0.15, 0.2) is 75.4 Å². The molecule has 0 fully saturated rings. The van der Waals surface area contributed by atoms with Crippen molar-refractivity contribution in [3.05, 3.63) is 87.3 Å². The molecule has 1 N–H and O–H groups in total. The Morgan fingerprint density at radius 3 is 2.59 bits per heavy atom. The van der Waals surface area contributed by atoms with Gasteiger partial charge in [0.15, 0.2) is 5.65 Å². The normalized spacial score (nSPS) is 12.3. The standard InChI is InChI=1S/C19H16N4O3S/c1-27(26)15-9-5-8-14(10-15)23-17-16(20-12-21-17)18(24)22(19(23)25)11-13-6-3-2-4-7-13/h2-10,12H,11H2,1H3,(H,20,21). The fourth-order valence-corrected chi connectivity index (χ4v) is 3.54. The zero-order valence-corrected chi connectivity index (χ0v) is 15.3. The van der Waals surface area contributed by atoms with E-state index in [-0.39, 0.29) is 17.7 Å². The molecule has 1 unspecified atom stereocenters. The molecule has 0 bridgehead atoms. The molecule has 0 aliphatic carbocycles. The lowest BCUT2D eigenvalue weighted by molar-refractivity contribution is 0.681. The summed E-state index contributed by atoms with van der Waals surface area (Å²) in [4.78, 5) is 33.6. The summed E-state index contributed by atoms with van der Waals surface area (Å²) in [6, 6.07) is 16.1. The number of aromatic amines is 1. The van der Waals surface area contributed by atoms with Crippen LogP contribution in [-0.4, -0.2) is 29.6 Å². The Morgan fingerprint density at radius 1 is 1.07 bits per heavy atom. The number of nitrogens with one attached hydrogen (secondary N) is 1. The number of fused-ring (bicyclic) bond motifs is 1. The Hall–Kier alpha value is -3.26. The van der Waals surface area contributed by atoms with Gasteiger partial charge in [-0.3, -0.25) is 13.6 Å². The first-order valence-corrected chi connectivity index (χ1v) is 9.79. The first-order chi connectivity index (χ1) is 13.1. The zero-order valence-electron chi connectivity index (χ0n) is 14.5. The van der Waals surface area contributed by atoms with Crippen LogP contribution in [0.25, 0.3) is 16.9 Å². The Labute approximate surface area is 156 Å². The van der Waals surface area contributed by atoms with Crippen molar-refractivity contribution in [3.8, 4) is 5.69 Å². The van der Waals surface area contributed by atoms with Crippen LogP contribution < -0.4 is 11.2 Å². The highest BCUT2D eigenvalue weighted by Gasteiger charge is 2.17. The summed E-state index contributed by atoms with van der Waals surface area (Å²) in [6.45, 7) is 0.146. The van der Waals surface area contributed by atoms with Crippen molar-refractivity contribution >= 4 is 22.0 Å². The molecule has 0 saturated heterocycles. The second kappa shape index (κ2) is 6.81. The van der Waals surface area contributed by atoms with E-state index in [2.05, 4.69) is 9.97 Å². The van der Waals surface area contributed by atoms with Gasteiger partial charge in [0.25, 0.3) is 5.56 Å². The molecule has 27 heavy (non-hydrogen) atoms. The topological polar surface area (TPSA) is 89.8 Å². The number of hydrogen-bond acceptors (Lipinski definition) is 4. The zero-order chi connectivity index (χ0) is 19.0. The van der Waals surface area contributed by atoms with Gasteiger partial charge in [-0.1, -0.05) is 36.4 Å². The van der Waals surface area contributed by atoms with Gasteiger partial charge < -0.3 is 4.98 Å². The van der Waals surface area contributed by atoms with Gasteiger partial charge in [-0.25, -0.2) is 14.3 Å². The van der Waals surface area contributed by atoms with E-state index in [0.717, 1.165) is 5.56 Å². The highest BCUT2D eigenvalue weighted by atomic mass is 32.2. The molecule has 0 saturated carbocycles. The third-order valence-corrected chi connectivity index (χ3v) is 5.22. The molecule has 7 nitrogen and oxygen atoms in total. The van der Waals surface area contributed by atoms with E-state index < -0.39 is 22.0 Å². The highest BCUT2D eigenvalue weighted by Crippen LogP contribution is 2.15. The largest absolute Gasteiger partial charge is 0.339 e. The number of nitrogens with zero attached hydrogens (tertiary/aromatic N) is 3. The summed E-state index contributed by atoms with van der Waals surface area (Å²) < 4.78 is 14.4. The fourth-order valence-electron chi connectivity index (χ4n) is 2.99. The van der Waals surface area contributed by atoms with Crippen molar-refractivity contribution < 1.29 is 4.21 Å². The average Bonchev–Trinajstić information content (AvgIpc) is 3.16. The molecule has 2 aromatic carbocycles. The third-order valence-electron chi connectivity index (χ3n) is 4.30. The van der Waals surface area contributed by atoms with E-state index in [1.807, 2.05) is 30.3 Å². The summed E-state index contributed by atoms with van der Waals surface area (Å²) in [6.07, 6.45) is 2.96. The second-order valence-electron chi connectivity index (χ2n) is 6.05. The van der Waals surface area contributed by atoms with Crippen LogP contribution in [0.4, 0.5) is 0 Å². The molecule has 136 valence electrons. The van der Waals surface area contributed by atoms with E-state index >= 15 is 0 Å². The van der Waals surface area contributed by atoms with Crippen molar-refractivity contribution in [3.63, 3.8) is 0 Å². The lowest BCUT2D eigenvalue weighted by Gasteiger charge is -2.12. The molecule has 8 heteroatoms. The number of H-pyrrole nitrogens is 1. The van der Waals surface area contributed by atoms with Gasteiger partial charge in [-0.05, 0) is 23.8 Å². The first-order valence-electron chi connectivity index (χ1n) is 8.23. The summed E-state index contributed by atoms with van der Waals surface area (Å²) in [5.74, 6) is 0. The molecule has 4 aromatic rings. The van der Waals surface area contributed by atoms with Crippen LogP contribution in [0.3, 0.4) is 0 Å². The molecule has 0 amide bonds. The summed E-state index contributed by atoms with van der Waals surface area (Å²) in [7, 11) is -1.20. The summed E-state index contributed by atoms with van der Waals surface area (Å²) in [5, 5.41) is 0. The second-order valence-corrected chi connectivity index (χ2v) is 7.43. The lowest BCUT2D eigenvalue weighted by Crippen LogP contribution is -2.39. The monoisotopic (exact) mass is 380 g/mol. The van der Waals surface area contributed by atoms with Crippen LogP contribution >= 0.6 is 0 Å². The molecule has 1 atom stereocenters. The van der Waals surface area contributed by atoms with Gasteiger partial charge in [0.05, 0.1) is 18.6 Å². The SMILES string of the molecule is CS(=O)c1cccc(-n2c(=O)n(Cc3ccccc3)c(=O)c3[nH]cnc32)c1. The smallest absolute Gasteiger partial charge is 0.337 e.